The summed E-state index contributed by atoms with van der Waals surface area (Å²) in [4.78, 5) is 2.43. The molecule has 0 saturated carbocycles. The first-order valence-electron chi connectivity index (χ1n) is 7.45. The zero-order valence-corrected chi connectivity index (χ0v) is 13.1. The number of rotatable bonds is 8. The van der Waals surface area contributed by atoms with E-state index in [0.29, 0.717) is 0 Å². The zero-order valence-electron chi connectivity index (χ0n) is 13.1. The summed E-state index contributed by atoms with van der Waals surface area (Å²) in [5.74, 6) is 0. The molecule has 0 fully saturated rings. The van der Waals surface area contributed by atoms with Crippen molar-refractivity contribution in [2.75, 3.05) is 26.7 Å². The molecule has 0 aliphatic carbocycles. The second kappa shape index (κ2) is 8.34. The molecular weight excluding hydrogens is 232 g/mol. The topological polar surface area (TPSA) is 15.3 Å². The van der Waals surface area contributed by atoms with E-state index in [9.17, 15) is 0 Å². The zero-order chi connectivity index (χ0) is 14.1. The molecule has 0 aliphatic rings. The largest absolute Gasteiger partial charge is 0.312 e. The molecule has 1 N–H and O–H groups in total. The van der Waals surface area contributed by atoms with Crippen molar-refractivity contribution >= 4 is 0 Å². The van der Waals surface area contributed by atoms with Crippen LogP contribution in [0, 0.1) is 0 Å². The maximum atomic E-state index is 3.53. The van der Waals surface area contributed by atoms with E-state index in [1.807, 2.05) is 0 Å². The van der Waals surface area contributed by atoms with E-state index < -0.39 is 0 Å². The van der Waals surface area contributed by atoms with Crippen molar-refractivity contribution in [3.05, 3.63) is 35.9 Å². The van der Waals surface area contributed by atoms with Gasteiger partial charge in [-0.3, -0.25) is 0 Å². The van der Waals surface area contributed by atoms with Crippen LogP contribution in [-0.2, 0) is 6.42 Å². The maximum Gasteiger partial charge on any atom is 0.00965 e. The minimum Gasteiger partial charge on any atom is -0.312 e. The van der Waals surface area contributed by atoms with E-state index in [4.69, 9.17) is 0 Å². The van der Waals surface area contributed by atoms with E-state index >= 15 is 0 Å². The van der Waals surface area contributed by atoms with E-state index in [-0.39, 0.29) is 5.54 Å². The Labute approximate surface area is 119 Å². The van der Waals surface area contributed by atoms with Gasteiger partial charge in [-0.2, -0.15) is 0 Å². The molecule has 0 aliphatic heterocycles. The van der Waals surface area contributed by atoms with Crippen molar-refractivity contribution in [3.8, 4) is 0 Å². The molecule has 2 heteroatoms. The second-order valence-electron chi connectivity index (χ2n) is 6.42. The number of likely N-dealkylation sites (N-methyl/N-ethyl adjacent to an activating group) is 1. The summed E-state index contributed by atoms with van der Waals surface area (Å²) in [5, 5.41) is 3.53. The number of nitrogens with zero attached hydrogens (tertiary/aromatic N) is 1. The van der Waals surface area contributed by atoms with Crippen LogP contribution >= 0.6 is 0 Å². The lowest BCUT2D eigenvalue weighted by atomic mass is 10.1. The molecule has 108 valence electrons. The molecular formula is C17H30N2. The van der Waals surface area contributed by atoms with Gasteiger partial charge in [0.05, 0.1) is 0 Å². The molecule has 1 aromatic carbocycles. The summed E-state index contributed by atoms with van der Waals surface area (Å²) >= 11 is 0. The molecule has 19 heavy (non-hydrogen) atoms. The van der Waals surface area contributed by atoms with Crippen LogP contribution in [0.25, 0.3) is 0 Å². The number of benzene rings is 1. The Bertz CT molecular complexity index is 327. The molecule has 0 spiro atoms. The predicted octanol–water partition coefficient (Wildman–Crippen LogP) is 3.33. The van der Waals surface area contributed by atoms with Crippen LogP contribution < -0.4 is 5.32 Å². The molecule has 0 atom stereocenters. The lowest BCUT2D eigenvalue weighted by Gasteiger charge is -2.21. The van der Waals surface area contributed by atoms with Crippen molar-refractivity contribution in [1.82, 2.24) is 10.2 Å². The lowest BCUT2D eigenvalue weighted by molar-refractivity contribution is 0.324. The molecule has 0 radical (unpaired) electrons. The SMILES string of the molecule is CN(CCCCNC(C)(C)C)CCc1ccccc1. The highest BCUT2D eigenvalue weighted by atomic mass is 15.1. The lowest BCUT2D eigenvalue weighted by Crippen LogP contribution is -2.36. The average molecular weight is 262 g/mol. The minimum atomic E-state index is 0.249. The van der Waals surface area contributed by atoms with Gasteiger partial charge in [0.1, 0.15) is 0 Å². The first kappa shape index (κ1) is 16.2. The van der Waals surface area contributed by atoms with Crippen LogP contribution in [0.4, 0.5) is 0 Å². The standard InChI is InChI=1S/C17H30N2/c1-17(2,3)18-13-8-9-14-19(4)15-12-16-10-6-5-7-11-16/h5-7,10-11,18H,8-9,12-15H2,1-4H3. The number of unbranched alkanes of at least 4 members (excludes halogenated alkanes) is 1. The van der Waals surface area contributed by atoms with Gasteiger partial charge in [-0.15, -0.1) is 0 Å². The van der Waals surface area contributed by atoms with Gasteiger partial charge < -0.3 is 10.2 Å². The van der Waals surface area contributed by atoms with E-state index in [0.717, 1.165) is 19.5 Å². The maximum absolute atomic E-state index is 3.53. The Morgan fingerprint density at radius 1 is 1.00 bits per heavy atom. The van der Waals surface area contributed by atoms with Crippen LogP contribution in [0.3, 0.4) is 0 Å². The smallest absolute Gasteiger partial charge is 0.00965 e. The van der Waals surface area contributed by atoms with Gasteiger partial charge >= 0.3 is 0 Å². The highest BCUT2D eigenvalue weighted by Crippen LogP contribution is 2.02. The van der Waals surface area contributed by atoms with Crippen LogP contribution in [0.5, 0.6) is 0 Å². The quantitative estimate of drug-likeness (QED) is 0.723. The molecule has 1 rings (SSSR count). The molecule has 0 heterocycles. The Balaban J connectivity index is 2.04. The normalized spacial score (nSPS) is 12.1. The van der Waals surface area contributed by atoms with Crippen molar-refractivity contribution < 1.29 is 0 Å². The summed E-state index contributed by atoms with van der Waals surface area (Å²) in [5.41, 5.74) is 1.68. The van der Waals surface area contributed by atoms with Gasteiger partial charge in [-0.1, -0.05) is 30.3 Å². The summed E-state index contributed by atoms with van der Waals surface area (Å²) < 4.78 is 0. The van der Waals surface area contributed by atoms with Crippen molar-refractivity contribution in [2.24, 2.45) is 0 Å². The van der Waals surface area contributed by atoms with E-state index in [1.165, 1.54) is 24.9 Å². The summed E-state index contributed by atoms with van der Waals surface area (Å²) in [6.45, 7) is 10.1. The Hall–Kier alpha value is -0.860. The van der Waals surface area contributed by atoms with Gasteiger partial charge in [0.2, 0.25) is 0 Å². The summed E-state index contributed by atoms with van der Waals surface area (Å²) in [6.07, 6.45) is 3.68. The van der Waals surface area contributed by atoms with Crippen LogP contribution in [0.2, 0.25) is 0 Å². The van der Waals surface area contributed by atoms with Gasteiger partial charge in [-0.25, -0.2) is 0 Å². The fourth-order valence-electron chi connectivity index (χ4n) is 2.05. The van der Waals surface area contributed by atoms with Gasteiger partial charge in [0.25, 0.3) is 0 Å². The molecule has 0 saturated heterocycles. The van der Waals surface area contributed by atoms with Gasteiger partial charge in [0.15, 0.2) is 0 Å². The van der Waals surface area contributed by atoms with Gasteiger partial charge in [-0.05, 0) is 65.7 Å². The number of hydrogen-bond donors (Lipinski definition) is 1. The third-order valence-electron chi connectivity index (χ3n) is 3.25. The third-order valence-corrected chi connectivity index (χ3v) is 3.25. The third kappa shape index (κ3) is 8.79. The minimum absolute atomic E-state index is 0.249. The van der Waals surface area contributed by atoms with Crippen molar-refractivity contribution in [3.63, 3.8) is 0 Å². The fourth-order valence-corrected chi connectivity index (χ4v) is 2.05. The van der Waals surface area contributed by atoms with Crippen molar-refractivity contribution in [1.29, 1.82) is 0 Å². The fraction of sp³-hybridized carbons (Fsp3) is 0.647. The van der Waals surface area contributed by atoms with Crippen LogP contribution in [0.15, 0.2) is 30.3 Å². The number of nitrogens with one attached hydrogen (secondary N) is 1. The van der Waals surface area contributed by atoms with E-state index in [1.54, 1.807) is 0 Å². The Morgan fingerprint density at radius 2 is 1.68 bits per heavy atom. The molecule has 2 nitrogen and oxygen atoms in total. The first-order chi connectivity index (χ1) is 8.97. The Morgan fingerprint density at radius 3 is 2.32 bits per heavy atom. The van der Waals surface area contributed by atoms with Crippen molar-refractivity contribution in [2.45, 2.75) is 45.6 Å². The molecule has 0 aromatic heterocycles. The Kier molecular flexibility index (Phi) is 7.11. The molecule has 0 unspecified atom stereocenters. The monoisotopic (exact) mass is 262 g/mol. The van der Waals surface area contributed by atoms with Crippen LogP contribution in [0.1, 0.15) is 39.2 Å². The number of hydrogen-bond acceptors (Lipinski definition) is 2. The molecule has 0 amide bonds. The van der Waals surface area contributed by atoms with Crippen LogP contribution in [-0.4, -0.2) is 37.1 Å². The molecule has 1 aromatic rings. The summed E-state index contributed by atoms with van der Waals surface area (Å²) in [7, 11) is 2.22. The van der Waals surface area contributed by atoms with E-state index in [2.05, 4.69) is 68.4 Å². The summed E-state index contributed by atoms with van der Waals surface area (Å²) in [6, 6.07) is 10.7. The highest BCUT2D eigenvalue weighted by molar-refractivity contribution is 5.14. The molecule has 0 bridgehead atoms. The second-order valence-corrected chi connectivity index (χ2v) is 6.42. The predicted molar refractivity (Wildman–Crippen MR) is 84.6 cm³/mol. The average Bonchev–Trinajstić information content (AvgIpc) is 2.36. The first-order valence-corrected chi connectivity index (χ1v) is 7.45. The highest BCUT2D eigenvalue weighted by Gasteiger charge is 2.07. The van der Waals surface area contributed by atoms with Gasteiger partial charge in [0, 0.05) is 12.1 Å².